The molecule has 2 rings (SSSR count). The van der Waals surface area contributed by atoms with Crippen LogP contribution in [0.1, 0.15) is 5.56 Å². The van der Waals surface area contributed by atoms with Gasteiger partial charge in [-0.15, -0.1) is 0 Å². The Balaban J connectivity index is 1.94. The first-order valence-corrected chi connectivity index (χ1v) is 6.66. The lowest BCUT2D eigenvalue weighted by Crippen LogP contribution is -1.93. The molecule has 0 saturated carbocycles. The molecule has 0 unspecified atom stereocenters. The minimum atomic E-state index is 0.188. The van der Waals surface area contributed by atoms with Gasteiger partial charge in [0.15, 0.2) is 0 Å². The summed E-state index contributed by atoms with van der Waals surface area (Å²) in [5.41, 5.74) is 0.701. The van der Waals surface area contributed by atoms with E-state index in [9.17, 15) is 0 Å². The predicted molar refractivity (Wildman–Crippen MR) is 81.6 cm³/mol. The molecule has 2 nitrogen and oxygen atoms in total. The van der Waals surface area contributed by atoms with Gasteiger partial charge in [0.2, 0.25) is 0 Å². The molecule has 0 aliphatic carbocycles. The third kappa shape index (κ3) is 4.80. The second kappa shape index (κ2) is 7.22. The standard InChI is InChI=1S/C16H12Cl2O2/c1-12-2-4-14(5-3-12)20-15-8-6-13(7-9-15)19-11-10-16(17)18/h1-10H,11H2. The van der Waals surface area contributed by atoms with Crippen molar-refractivity contribution in [3.8, 4) is 17.2 Å². The van der Waals surface area contributed by atoms with E-state index >= 15 is 0 Å². The van der Waals surface area contributed by atoms with Gasteiger partial charge in [-0.1, -0.05) is 35.3 Å². The molecule has 0 amide bonds. The van der Waals surface area contributed by atoms with Crippen LogP contribution in [0.25, 0.3) is 0 Å². The number of ether oxygens (including phenoxy) is 2. The Morgan fingerprint density at radius 1 is 0.900 bits per heavy atom. The molecule has 2 aromatic rings. The Labute approximate surface area is 128 Å². The van der Waals surface area contributed by atoms with Crippen LogP contribution in [0.4, 0.5) is 0 Å². The fourth-order valence-corrected chi connectivity index (χ4v) is 1.60. The van der Waals surface area contributed by atoms with Gasteiger partial charge < -0.3 is 9.47 Å². The minimum Gasteiger partial charge on any atom is -0.489 e. The van der Waals surface area contributed by atoms with Gasteiger partial charge in [0.1, 0.15) is 28.3 Å². The molecule has 2 aromatic carbocycles. The van der Waals surface area contributed by atoms with E-state index in [1.165, 1.54) is 0 Å². The highest BCUT2D eigenvalue weighted by Crippen LogP contribution is 2.24. The maximum atomic E-state index is 5.67. The summed E-state index contributed by atoms with van der Waals surface area (Å²) in [4.78, 5) is 0. The van der Waals surface area contributed by atoms with Gasteiger partial charge in [-0.25, -0.2) is 0 Å². The Kier molecular flexibility index (Phi) is 5.33. The number of hydrogen-bond donors (Lipinski definition) is 0. The van der Waals surface area contributed by atoms with Gasteiger partial charge >= 0.3 is 0 Å². The zero-order valence-electron chi connectivity index (χ0n) is 10.6. The molecule has 0 atom stereocenters. The van der Waals surface area contributed by atoms with Crippen molar-refractivity contribution in [1.29, 1.82) is 0 Å². The fraction of sp³-hybridized carbons (Fsp3) is 0.0625. The van der Waals surface area contributed by atoms with Crippen LogP contribution in [0.2, 0.25) is 0 Å². The molecular formula is C16H12Cl2O2. The maximum absolute atomic E-state index is 5.67. The monoisotopic (exact) mass is 306 g/mol. The molecule has 4 heteroatoms. The van der Waals surface area contributed by atoms with Crippen molar-refractivity contribution in [2.45, 2.75) is 0 Å². The van der Waals surface area contributed by atoms with Crippen LogP contribution in [-0.4, -0.2) is 6.61 Å². The number of benzene rings is 2. The summed E-state index contributed by atoms with van der Waals surface area (Å²) in [5.74, 6) is 2.15. The average Bonchev–Trinajstić information content (AvgIpc) is 2.43. The molecule has 0 aliphatic rings. The first-order valence-electron chi connectivity index (χ1n) is 5.91. The van der Waals surface area contributed by atoms with E-state index in [-0.39, 0.29) is 4.49 Å². The van der Waals surface area contributed by atoms with Crippen LogP contribution in [0.15, 0.2) is 59.1 Å². The third-order valence-electron chi connectivity index (χ3n) is 2.43. The van der Waals surface area contributed by atoms with Crippen molar-refractivity contribution in [2.75, 3.05) is 6.61 Å². The summed E-state index contributed by atoms with van der Waals surface area (Å²) in [6, 6.07) is 14.4. The van der Waals surface area contributed by atoms with Crippen LogP contribution in [-0.2, 0) is 0 Å². The highest BCUT2D eigenvalue weighted by Gasteiger charge is 1.98. The second-order valence-electron chi connectivity index (χ2n) is 3.95. The van der Waals surface area contributed by atoms with Crippen molar-refractivity contribution in [3.05, 3.63) is 71.6 Å². The smallest absolute Gasteiger partial charge is 0.127 e. The lowest BCUT2D eigenvalue weighted by Gasteiger charge is -2.07. The van der Waals surface area contributed by atoms with E-state index in [4.69, 9.17) is 39.6 Å². The topological polar surface area (TPSA) is 18.5 Å². The molecule has 0 heterocycles. The summed E-state index contributed by atoms with van der Waals surface area (Å²) in [5, 5.41) is 0. The number of halogens is 2. The summed E-state index contributed by atoms with van der Waals surface area (Å²) >= 11 is 11.0. The van der Waals surface area contributed by atoms with E-state index in [0.717, 1.165) is 5.75 Å². The Morgan fingerprint density at radius 3 is 1.95 bits per heavy atom. The van der Waals surface area contributed by atoms with Crippen LogP contribution in [0.3, 0.4) is 0 Å². The van der Waals surface area contributed by atoms with Crippen molar-refractivity contribution >= 4 is 23.2 Å². The summed E-state index contributed by atoms with van der Waals surface area (Å²) < 4.78 is 11.3. The van der Waals surface area contributed by atoms with Crippen molar-refractivity contribution < 1.29 is 9.47 Å². The summed E-state index contributed by atoms with van der Waals surface area (Å²) in [6.45, 7) is 5.93. The van der Waals surface area contributed by atoms with Gasteiger partial charge in [-0.2, -0.15) is 0 Å². The van der Waals surface area contributed by atoms with E-state index in [1.807, 2.05) is 36.4 Å². The Morgan fingerprint density at radius 2 is 1.40 bits per heavy atom. The van der Waals surface area contributed by atoms with Crippen LogP contribution in [0.5, 0.6) is 17.2 Å². The molecule has 2 radical (unpaired) electrons. The molecule has 0 aliphatic heterocycles. The van der Waals surface area contributed by atoms with Crippen LogP contribution in [0, 0.1) is 6.92 Å². The molecule has 0 bridgehead atoms. The zero-order chi connectivity index (χ0) is 14.4. The SMILES string of the molecule is [CH]c1ccc(Oc2ccc(OCC=C(Cl)Cl)cc2)cc1. The Hall–Kier alpha value is -1.64. The van der Waals surface area contributed by atoms with Crippen molar-refractivity contribution in [1.82, 2.24) is 0 Å². The fourth-order valence-electron chi connectivity index (χ4n) is 1.48. The minimum absolute atomic E-state index is 0.188. The molecule has 20 heavy (non-hydrogen) atoms. The third-order valence-corrected chi connectivity index (χ3v) is 2.74. The zero-order valence-corrected chi connectivity index (χ0v) is 12.1. The molecule has 0 N–H and O–H groups in total. The number of rotatable bonds is 5. The molecule has 0 saturated heterocycles. The van der Waals surface area contributed by atoms with E-state index in [1.54, 1.807) is 18.2 Å². The maximum Gasteiger partial charge on any atom is 0.127 e. The van der Waals surface area contributed by atoms with Crippen LogP contribution >= 0.6 is 23.2 Å². The number of hydrogen-bond acceptors (Lipinski definition) is 2. The molecule has 0 spiro atoms. The second-order valence-corrected chi connectivity index (χ2v) is 4.96. The van der Waals surface area contributed by atoms with Gasteiger partial charge in [0.05, 0.1) is 0 Å². The highest BCUT2D eigenvalue weighted by molar-refractivity contribution is 6.55. The van der Waals surface area contributed by atoms with E-state index in [2.05, 4.69) is 0 Å². The van der Waals surface area contributed by atoms with E-state index in [0.29, 0.717) is 23.7 Å². The van der Waals surface area contributed by atoms with Crippen molar-refractivity contribution in [3.63, 3.8) is 0 Å². The lowest BCUT2D eigenvalue weighted by atomic mass is 10.2. The van der Waals surface area contributed by atoms with Gasteiger partial charge in [0.25, 0.3) is 0 Å². The van der Waals surface area contributed by atoms with Crippen molar-refractivity contribution in [2.24, 2.45) is 0 Å². The van der Waals surface area contributed by atoms with Gasteiger partial charge in [-0.3, -0.25) is 0 Å². The molecule has 102 valence electrons. The molecule has 0 aromatic heterocycles. The predicted octanol–water partition coefficient (Wildman–Crippen LogP) is 5.24. The first kappa shape index (κ1) is 14.8. The quantitative estimate of drug-likeness (QED) is 0.752. The van der Waals surface area contributed by atoms with Gasteiger partial charge in [-0.05, 0) is 55.0 Å². The Bertz CT molecular complexity index is 570. The largest absolute Gasteiger partial charge is 0.489 e. The van der Waals surface area contributed by atoms with Crippen LogP contribution < -0.4 is 9.47 Å². The highest BCUT2D eigenvalue weighted by atomic mass is 35.5. The molecule has 0 fully saturated rings. The summed E-state index contributed by atoms with van der Waals surface area (Å²) in [7, 11) is 0. The molecular weight excluding hydrogens is 295 g/mol. The van der Waals surface area contributed by atoms with Gasteiger partial charge in [0, 0.05) is 0 Å². The van der Waals surface area contributed by atoms with E-state index < -0.39 is 0 Å². The first-order chi connectivity index (χ1) is 9.63. The normalized spacial score (nSPS) is 9.95. The lowest BCUT2D eigenvalue weighted by molar-refractivity contribution is 0.362. The average molecular weight is 307 g/mol. The summed E-state index contributed by atoms with van der Waals surface area (Å²) in [6.07, 6.45) is 1.57.